The lowest BCUT2D eigenvalue weighted by atomic mass is 10.1. The van der Waals surface area contributed by atoms with Gasteiger partial charge in [0, 0.05) is 5.02 Å². The Morgan fingerprint density at radius 3 is 2.68 bits per heavy atom. The van der Waals surface area contributed by atoms with Crippen LogP contribution in [0, 0.1) is 5.82 Å². The summed E-state index contributed by atoms with van der Waals surface area (Å²) >= 11 is 11.8. The van der Waals surface area contributed by atoms with E-state index < -0.39 is 11.8 Å². The van der Waals surface area contributed by atoms with E-state index in [1.807, 2.05) is 19.1 Å². The van der Waals surface area contributed by atoms with Crippen molar-refractivity contribution >= 4 is 35.4 Å². The minimum Gasteiger partial charge on any atom is -0.313 e. The van der Waals surface area contributed by atoms with Gasteiger partial charge in [-0.2, -0.15) is 5.10 Å². The first kappa shape index (κ1) is 20.0. The predicted molar refractivity (Wildman–Crippen MR) is 107 cm³/mol. The van der Waals surface area contributed by atoms with Crippen molar-refractivity contribution in [3.05, 3.63) is 81.3 Å². The average Bonchev–Trinajstić information content (AvgIpc) is 3.09. The lowest BCUT2D eigenvalue weighted by molar-refractivity contribution is 0.0517. The first-order chi connectivity index (χ1) is 13.5. The molecule has 0 spiro atoms. The second-order valence-corrected chi connectivity index (χ2v) is 6.74. The Hall–Kier alpha value is -2.70. The molecule has 0 bridgehead atoms. The summed E-state index contributed by atoms with van der Waals surface area (Å²) < 4.78 is 15.4. The van der Waals surface area contributed by atoms with Crippen LogP contribution in [0.3, 0.4) is 0 Å². The van der Waals surface area contributed by atoms with Gasteiger partial charge >= 0.3 is 5.97 Å². The number of oxime groups is 1. The van der Waals surface area contributed by atoms with Crippen LogP contribution in [0.2, 0.25) is 10.0 Å². The van der Waals surface area contributed by atoms with Crippen LogP contribution in [0.4, 0.5) is 4.39 Å². The molecule has 0 aliphatic carbocycles. The first-order valence-corrected chi connectivity index (χ1v) is 9.28. The van der Waals surface area contributed by atoms with Gasteiger partial charge in [0.25, 0.3) is 0 Å². The van der Waals surface area contributed by atoms with Crippen molar-refractivity contribution in [2.45, 2.75) is 19.8 Å². The zero-order chi connectivity index (χ0) is 20.1. The molecule has 0 aliphatic heterocycles. The number of benzene rings is 2. The van der Waals surface area contributed by atoms with Crippen LogP contribution in [0.5, 0.6) is 0 Å². The molecule has 8 heteroatoms. The molecule has 0 atom stereocenters. The van der Waals surface area contributed by atoms with E-state index in [0.717, 1.165) is 18.3 Å². The van der Waals surface area contributed by atoms with Crippen molar-refractivity contribution in [1.29, 1.82) is 0 Å². The van der Waals surface area contributed by atoms with Crippen molar-refractivity contribution in [1.82, 2.24) is 9.78 Å². The van der Waals surface area contributed by atoms with Crippen LogP contribution in [-0.2, 0) is 11.3 Å². The van der Waals surface area contributed by atoms with E-state index in [0.29, 0.717) is 17.1 Å². The molecule has 28 heavy (non-hydrogen) atoms. The molecule has 0 amide bonds. The molecular formula is C20H16Cl2FN3O2. The number of carbonyl (C=O) groups is 1. The SMILES string of the molecule is CCCc1c(C(=O)ON=Cc2c(F)cccc2Cl)cnn1-c1ccc(Cl)cc1. The van der Waals surface area contributed by atoms with E-state index >= 15 is 0 Å². The minimum atomic E-state index is -0.688. The van der Waals surface area contributed by atoms with E-state index in [1.165, 1.54) is 24.4 Å². The van der Waals surface area contributed by atoms with Gasteiger partial charge < -0.3 is 4.84 Å². The van der Waals surface area contributed by atoms with Crippen molar-refractivity contribution in [2.75, 3.05) is 0 Å². The number of hydrogen-bond donors (Lipinski definition) is 0. The van der Waals surface area contributed by atoms with Crippen LogP contribution in [0.15, 0.2) is 53.8 Å². The number of carbonyl (C=O) groups excluding carboxylic acids is 1. The monoisotopic (exact) mass is 419 g/mol. The smallest absolute Gasteiger partial charge is 0.313 e. The summed E-state index contributed by atoms with van der Waals surface area (Å²) in [6.07, 6.45) is 3.90. The van der Waals surface area contributed by atoms with Gasteiger partial charge in [-0.1, -0.05) is 47.8 Å². The third-order valence-electron chi connectivity index (χ3n) is 3.96. The van der Waals surface area contributed by atoms with Crippen molar-refractivity contribution in [2.24, 2.45) is 5.16 Å². The van der Waals surface area contributed by atoms with Gasteiger partial charge in [0.05, 0.1) is 34.4 Å². The maximum atomic E-state index is 13.7. The molecule has 5 nitrogen and oxygen atoms in total. The second-order valence-electron chi connectivity index (χ2n) is 5.89. The number of rotatable bonds is 6. The minimum absolute atomic E-state index is 0.0441. The second kappa shape index (κ2) is 8.99. The Balaban J connectivity index is 1.83. The predicted octanol–water partition coefficient (Wildman–Crippen LogP) is 5.46. The Labute approximate surface area is 171 Å². The fraction of sp³-hybridized carbons (Fsp3) is 0.150. The molecule has 3 rings (SSSR count). The highest BCUT2D eigenvalue weighted by molar-refractivity contribution is 6.33. The first-order valence-electron chi connectivity index (χ1n) is 8.52. The number of halogens is 3. The third kappa shape index (κ3) is 4.40. The summed E-state index contributed by atoms with van der Waals surface area (Å²) in [6, 6.07) is 11.3. The molecule has 1 heterocycles. The van der Waals surface area contributed by atoms with Crippen molar-refractivity contribution < 1.29 is 14.0 Å². The van der Waals surface area contributed by atoms with Crippen LogP contribution >= 0.6 is 23.2 Å². The fourth-order valence-electron chi connectivity index (χ4n) is 2.64. The maximum absolute atomic E-state index is 13.7. The molecule has 3 aromatic rings. The lowest BCUT2D eigenvalue weighted by Crippen LogP contribution is -2.08. The largest absolute Gasteiger partial charge is 0.369 e. The van der Waals surface area contributed by atoms with E-state index in [9.17, 15) is 9.18 Å². The topological polar surface area (TPSA) is 56.5 Å². The van der Waals surface area contributed by atoms with Crippen LogP contribution in [0.25, 0.3) is 5.69 Å². The zero-order valence-corrected chi connectivity index (χ0v) is 16.4. The van der Waals surface area contributed by atoms with Crippen LogP contribution < -0.4 is 0 Å². The van der Waals surface area contributed by atoms with Gasteiger partial charge in [0.2, 0.25) is 0 Å². The van der Waals surface area contributed by atoms with E-state index in [1.54, 1.807) is 16.8 Å². The quantitative estimate of drug-likeness (QED) is 0.302. The van der Waals surface area contributed by atoms with E-state index in [-0.39, 0.29) is 16.1 Å². The zero-order valence-electron chi connectivity index (χ0n) is 14.9. The molecule has 0 aliphatic rings. The standard InChI is InChI=1S/C20H16Cl2FN3O2/c1-2-4-19-16(11-24-26(19)14-9-7-13(21)8-10-14)20(27)28-25-12-15-17(22)5-3-6-18(15)23/h3,5-12H,2,4H2,1H3. The molecule has 0 saturated carbocycles. The molecule has 0 unspecified atom stereocenters. The maximum Gasteiger partial charge on any atom is 0.369 e. The number of nitrogens with zero attached hydrogens (tertiary/aromatic N) is 3. The third-order valence-corrected chi connectivity index (χ3v) is 4.55. The van der Waals surface area contributed by atoms with Gasteiger partial charge in [0.15, 0.2) is 0 Å². The highest BCUT2D eigenvalue weighted by atomic mass is 35.5. The van der Waals surface area contributed by atoms with Crippen LogP contribution in [0.1, 0.15) is 35.0 Å². The van der Waals surface area contributed by atoms with Gasteiger partial charge in [0.1, 0.15) is 11.4 Å². The van der Waals surface area contributed by atoms with Gasteiger partial charge in [-0.3, -0.25) is 0 Å². The molecule has 1 aromatic heterocycles. The normalized spacial score (nSPS) is 11.1. The van der Waals surface area contributed by atoms with E-state index in [4.69, 9.17) is 28.0 Å². The van der Waals surface area contributed by atoms with Crippen molar-refractivity contribution in [3.63, 3.8) is 0 Å². The fourth-order valence-corrected chi connectivity index (χ4v) is 2.97. The Morgan fingerprint density at radius 2 is 2.00 bits per heavy atom. The number of aromatic nitrogens is 2. The van der Waals surface area contributed by atoms with Crippen molar-refractivity contribution in [3.8, 4) is 5.69 Å². The Morgan fingerprint density at radius 1 is 1.25 bits per heavy atom. The van der Waals surface area contributed by atoms with Gasteiger partial charge in [-0.05, 0) is 42.8 Å². The molecule has 0 saturated heterocycles. The summed E-state index contributed by atoms with van der Waals surface area (Å²) in [5, 5.41) is 8.64. The highest BCUT2D eigenvalue weighted by Gasteiger charge is 2.19. The summed E-state index contributed by atoms with van der Waals surface area (Å²) in [5.74, 6) is -1.25. The molecule has 2 aromatic carbocycles. The molecule has 144 valence electrons. The summed E-state index contributed by atoms with van der Waals surface area (Å²) in [4.78, 5) is 17.4. The van der Waals surface area contributed by atoms with Crippen LogP contribution in [-0.4, -0.2) is 22.0 Å². The van der Waals surface area contributed by atoms with Gasteiger partial charge in [-0.15, -0.1) is 0 Å². The molecule has 0 N–H and O–H groups in total. The number of hydrogen-bond acceptors (Lipinski definition) is 4. The van der Waals surface area contributed by atoms with Gasteiger partial charge in [-0.25, -0.2) is 13.9 Å². The molecule has 0 fully saturated rings. The summed E-state index contributed by atoms with van der Waals surface area (Å²) in [6.45, 7) is 1.99. The lowest BCUT2D eigenvalue weighted by Gasteiger charge is -2.08. The molecular weight excluding hydrogens is 404 g/mol. The Kier molecular flexibility index (Phi) is 6.44. The summed E-state index contributed by atoms with van der Waals surface area (Å²) in [5.41, 5.74) is 1.79. The molecule has 0 radical (unpaired) electrons. The summed E-state index contributed by atoms with van der Waals surface area (Å²) in [7, 11) is 0. The van der Waals surface area contributed by atoms with E-state index in [2.05, 4.69) is 10.3 Å². The Bertz CT molecular complexity index is 997. The average molecular weight is 420 g/mol. The highest BCUT2D eigenvalue weighted by Crippen LogP contribution is 2.20.